The summed E-state index contributed by atoms with van der Waals surface area (Å²) in [6.07, 6.45) is -1.40. The van der Waals surface area contributed by atoms with Gasteiger partial charge in [0.1, 0.15) is 11.9 Å². The van der Waals surface area contributed by atoms with Crippen LogP contribution >= 0.6 is 0 Å². The molecule has 3 nitrogen and oxygen atoms in total. The minimum absolute atomic E-state index is 0.0191. The fourth-order valence-electron chi connectivity index (χ4n) is 3.99. The van der Waals surface area contributed by atoms with Gasteiger partial charge in [0.2, 0.25) is 0 Å². The van der Waals surface area contributed by atoms with E-state index in [1.165, 1.54) is 17.8 Å². The third kappa shape index (κ3) is 4.22. The van der Waals surface area contributed by atoms with Crippen LogP contribution in [0.15, 0.2) is 60.8 Å². The first-order chi connectivity index (χ1) is 13.9. The van der Waals surface area contributed by atoms with E-state index in [-0.39, 0.29) is 11.6 Å². The Kier molecular flexibility index (Phi) is 5.46. The van der Waals surface area contributed by atoms with Gasteiger partial charge in [-0.2, -0.15) is 13.2 Å². The van der Waals surface area contributed by atoms with Gasteiger partial charge in [-0.1, -0.05) is 36.4 Å². The standard InChI is InChI=1S/C23H23F3N2O/c1-16(17-6-3-2-4-7-17)28-14-11-18(12-15-28)29-21-10-13-27-22-19(21)8-5-9-20(22)23(24,25)26/h2-10,13,16,18H,11-12,14-15H2,1H3. The summed E-state index contributed by atoms with van der Waals surface area (Å²) in [5, 5.41) is 0.405. The lowest BCUT2D eigenvalue weighted by molar-refractivity contribution is -0.136. The molecule has 0 radical (unpaired) electrons. The van der Waals surface area contributed by atoms with Crippen molar-refractivity contribution in [3.8, 4) is 5.75 Å². The van der Waals surface area contributed by atoms with E-state index in [9.17, 15) is 13.2 Å². The van der Waals surface area contributed by atoms with Crippen LogP contribution in [0.4, 0.5) is 13.2 Å². The Morgan fingerprint density at radius 1 is 1.00 bits per heavy atom. The van der Waals surface area contributed by atoms with Crippen molar-refractivity contribution in [2.75, 3.05) is 13.1 Å². The lowest BCUT2D eigenvalue weighted by atomic mass is 10.0. The molecule has 2 aromatic carbocycles. The Hall–Kier alpha value is -2.60. The molecule has 6 heteroatoms. The van der Waals surface area contributed by atoms with E-state index in [0.29, 0.717) is 17.2 Å². The number of halogens is 3. The lowest BCUT2D eigenvalue weighted by Gasteiger charge is -2.36. The van der Waals surface area contributed by atoms with E-state index in [1.807, 2.05) is 18.2 Å². The molecule has 0 amide bonds. The van der Waals surface area contributed by atoms with Gasteiger partial charge in [-0.25, -0.2) is 0 Å². The van der Waals surface area contributed by atoms with Crippen LogP contribution in [0.2, 0.25) is 0 Å². The van der Waals surface area contributed by atoms with Gasteiger partial charge < -0.3 is 4.74 Å². The molecule has 0 saturated carbocycles. The highest BCUT2D eigenvalue weighted by Crippen LogP contribution is 2.37. The van der Waals surface area contributed by atoms with Crippen LogP contribution < -0.4 is 4.74 Å². The third-order valence-electron chi connectivity index (χ3n) is 5.64. The normalized spacial score (nSPS) is 17.4. The smallest absolute Gasteiger partial charge is 0.418 e. The molecule has 1 fully saturated rings. The maximum Gasteiger partial charge on any atom is 0.418 e. The predicted molar refractivity (Wildman–Crippen MR) is 107 cm³/mol. The third-order valence-corrected chi connectivity index (χ3v) is 5.64. The molecule has 3 aromatic rings. The second-order valence-electron chi connectivity index (χ2n) is 7.45. The van der Waals surface area contributed by atoms with Crippen LogP contribution in [0.25, 0.3) is 10.9 Å². The number of hydrogen-bond donors (Lipinski definition) is 0. The number of ether oxygens (including phenoxy) is 1. The molecule has 0 aliphatic carbocycles. The summed E-state index contributed by atoms with van der Waals surface area (Å²) >= 11 is 0. The maximum atomic E-state index is 13.3. The summed E-state index contributed by atoms with van der Waals surface area (Å²) in [5.74, 6) is 0.468. The van der Waals surface area contributed by atoms with Gasteiger partial charge >= 0.3 is 6.18 Å². The molecule has 1 aliphatic rings. The van der Waals surface area contributed by atoms with Gasteiger partial charge in [-0.15, -0.1) is 0 Å². The summed E-state index contributed by atoms with van der Waals surface area (Å²) in [6.45, 7) is 3.97. The van der Waals surface area contributed by atoms with Crippen molar-refractivity contribution in [1.82, 2.24) is 9.88 Å². The molecule has 29 heavy (non-hydrogen) atoms. The van der Waals surface area contributed by atoms with Crippen LogP contribution in [-0.2, 0) is 6.18 Å². The van der Waals surface area contributed by atoms with Crippen molar-refractivity contribution >= 4 is 10.9 Å². The first-order valence-corrected chi connectivity index (χ1v) is 9.84. The Morgan fingerprint density at radius 2 is 1.72 bits per heavy atom. The molecular formula is C23H23F3N2O. The van der Waals surface area contributed by atoms with Gasteiger partial charge in [0.15, 0.2) is 0 Å². The summed E-state index contributed by atoms with van der Waals surface area (Å²) < 4.78 is 46.0. The zero-order valence-electron chi connectivity index (χ0n) is 16.2. The number of benzene rings is 2. The molecule has 0 N–H and O–H groups in total. The van der Waals surface area contributed by atoms with Gasteiger partial charge in [0.25, 0.3) is 0 Å². The van der Waals surface area contributed by atoms with E-state index in [0.717, 1.165) is 32.0 Å². The fourth-order valence-corrected chi connectivity index (χ4v) is 3.99. The lowest BCUT2D eigenvalue weighted by Crippen LogP contribution is -2.39. The molecular weight excluding hydrogens is 377 g/mol. The average molecular weight is 400 g/mol. The van der Waals surface area contributed by atoms with Crippen molar-refractivity contribution in [1.29, 1.82) is 0 Å². The molecule has 1 aliphatic heterocycles. The average Bonchev–Trinajstić information content (AvgIpc) is 2.73. The summed E-state index contributed by atoms with van der Waals surface area (Å²) in [7, 11) is 0. The second kappa shape index (κ2) is 8.03. The number of para-hydroxylation sites is 1. The van der Waals surface area contributed by atoms with E-state index in [4.69, 9.17) is 4.74 Å². The highest BCUT2D eigenvalue weighted by atomic mass is 19.4. The van der Waals surface area contributed by atoms with Gasteiger partial charge in [0, 0.05) is 30.7 Å². The first kappa shape index (κ1) is 19.7. The fraction of sp³-hybridized carbons (Fsp3) is 0.348. The molecule has 1 aromatic heterocycles. The Bertz CT molecular complexity index is 967. The highest BCUT2D eigenvalue weighted by Gasteiger charge is 2.33. The molecule has 2 heterocycles. The quantitative estimate of drug-likeness (QED) is 0.549. The Morgan fingerprint density at radius 3 is 2.41 bits per heavy atom. The van der Waals surface area contributed by atoms with Crippen LogP contribution in [0.1, 0.15) is 36.9 Å². The summed E-state index contributed by atoms with van der Waals surface area (Å²) in [6, 6.07) is 16.5. The zero-order valence-corrected chi connectivity index (χ0v) is 16.2. The van der Waals surface area contributed by atoms with Crippen LogP contribution in [-0.4, -0.2) is 29.1 Å². The predicted octanol–water partition coefficient (Wildman–Crippen LogP) is 5.86. The molecule has 1 unspecified atom stereocenters. The summed E-state index contributed by atoms with van der Waals surface area (Å²) in [4.78, 5) is 6.38. The topological polar surface area (TPSA) is 25.4 Å². The van der Waals surface area contributed by atoms with Gasteiger partial charge in [-0.3, -0.25) is 9.88 Å². The molecule has 152 valence electrons. The largest absolute Gasteiger partial charge is 0.490 e. The number of likely N-dealkylation sites (tertiary alicyclic amines) is 1. The monoisotopic (exact) mass is 400 g/mol. The van der Waals surface area contributed by atoms with Crippen molar-refractivity contribution in [2.24, 2.45) is 0 Å². The van der Waals surface area contributed by atoms with E-state index < -0.39 is 11.7 Å². The van der Waals surface area contributed by atoms with E-state index in [1.54, 1.807) is 12.1 Å². The molecule has 4 rings (SSSR count). The second-order valence-corrected chi connectivity index (χ2v) is 7.45. The maximum absolute atomic E-state index is 13.3. The number of nitrogens with zero attached hydrogens (tertiary/aromatic N) is 2. The first-order valence-electron chi connectivity index (χ1n) is 9.84. The number of hydrogen-bond acceptors (Lipinski definition) is 3. The molecule has 0 spiro atoms. The van der Waals surface area contributed by atoms with E-state index in [2.05, 4.69) is 28.9 Å². The molecule has 1 atom stereocenters. The number of rotatable bonds is 4. The van der Waals surface area contributed by atoms with Crippen LogP contribution in [0.3, 0.4) is 0 Å². The SMILES string of the molecule is CC(c1ccccc1)N1CCC(Oc2ccnc3c(C(F)(F)F)cccc23)CC1. The minimum Gasteiger partial charge on any atom is -0.490 e. The summed E-state index contributed by atoms with van der Waals surface area (Å²) in [5.41, 5.74) is 0.492. The minimum atomic E-state index is -4.44. The highest BCUT2D eigenvalue weighted by molar-refractivity contribution is 5.87. The van der Waals surface area contributed by atoms with Crippen LogP contribution in [0.5, 0.6) is 5.75 Å². The molecule has 0 bridgehead atoms. The van der Waals surface area contributed by atoms with E-state index >= 15 is 0 Å². The number of pyridine rings is 1. The molecule has 1 saturated heterocycles. The number of aromatic nitrogens is 1. The zero-order chi connectivity index (χ0) is 20.4. The number of alkyl halides is 3. The van der Waals surface area contributed by atoms with Crippen LogP contribution in [0, 0.1) is 0 Å². The number of fused-ring (bicyclic) bond motifs is 1. The Labute approximate surface area is 168 Å². The van der Waals surface area contributed by atoms with Crippen molar-refractivity contribution in [2.45, 2.75) is 38.1 Å². The van der Waals surface area contributed by atoms with Crippen molar-refractivity contribution in [3.05, 3.63) is 71.9 Å². The van der Waals surface area contributed by atoms with Crippen molar-refractivity contribution < 1.29 is 17.9 Å². The Balaban J connectivity index is 1.47. The number of piperidine rings is 1. The van der Waals surface area contributed by atoms with Crippen molar-refractivity contribution in [3.63, 3.8) is 0 Å². The van der Waals surface area contributed by atoms with Gasteiger partial charge in [-0.05, 0) is 43.5 Å². The van der Waals surface area contributed by atoms with Gasteiger partial charge in [0.05, 0.1) is 11.1 Å².